The Morgan fingerprint density at radius 1 is 1.09 bits per heavy atom. The number of nitrogens with one attached hydrogen (secondary N) is 1. The number of hydrogen-bond donors (Lipinski definition) is 1. The van der Waals surface area contributed by atoms with Crippen LogP contribution in [-0.2, 0) is 0 Å². The molecule has 1 amide bonds. The van der Waals surface area contributed by atoms with Crippen LogP contribution in [0.1, 0.15) is 73.1 Å². The third-order valence-corrected chi connectivity index (χ3v) is 6.83. The van der Waals surface area contributed by atoms with Crippen molar-refractivity contribution in [1.82, 2.24) is 15.1 Å². The molecule has 1 unspecified atom stereocenters. The molecule has 1 fully saturated rings. The molecular formula is C27H31N3O3. The van der Waals surface area contributed by atoms with E-state index in [0.717, 1.165) is 59.6 Å². The molecule has 0 saturated heterocycles. The second kappa shape index (κ2) is 9.30. The molecule has 5 rings (SSSR count). The maximum absolute atomic E-state index is 13.6. The fraction of sp³-hybridized carbons (Fsp3) is 0.407. The van der Waals surface area contributed by atoms with Crippen molar-refractivity contribution in [1.29, 1.82) is 0 Å². The van der Waals surface area contributed by atoms with E-state index in [0.29, 0.717) is 12.3 Å². The number of amides is 1. The zero-order chi connectivity index (χ0) is 22.8. The molecule has 3 aromatic rings. The number of hydrogen-bond acceptors (Lipinski definition) is 4. The average Bonchev–Trinajstić information content (AvgIpc) is 3.57. The molecular weight excluding hydrogens is 414 g/mol. The predicted molar refractivity (Wildman–Crippen MR) is 128 cm³/mol. The van der Waals surface area contributed by atoms with Crippen LogP contribution < -0.4 is 9.47 Å². The number of aromatic amines is 1. The molecule has 0 bridgehead atoms. The van der Waals surface area contributed by atoms with Gasteiger partial charge in [0.15, 0.2) is 0 Å². The van der Waals surface area contributed by atoms with Gasteiger partial charge in [0.05, 0.1) is 25.5 Å². The Hall–Kier alpha value is -3.28. The maximum atomic E-state index is 13.6. The van der Waals surface area contributed by atoms with E-state index in [1.165, 1.54) is 12.8 Å². The molecule has 2 aliphatic rings. The summed E-state index contributed by atoms with van der Waals surface area (Å²) in [5.41, 5.74) is 4.43. The molecule has 1 aromatic heterocycles. The van der Waals surface area contributed by atoms with Crippen molar-refractivity contribution in [2.45, 2.75) is 57.5 Å². The lowest BCUT2D eigenvalue weighted by Crippen LogP contribution is -2.37. The number of H-pyrrole nitrogens is 1. The third kappa shape index (κ3) is 3.99. The topological polar surface area (TPSA) is 67.5 Å². The lowest BCUT2D eigenvalue weighted by molar-refractivity contribution is 0.0660. The summed E-state index contributed by atoms with van der Waals surface area (Å²) >= 11 is 0. The van der Waals surface area contributed by atoms with E-state index in [4.69, 9.17) is 9.47 Å². The van der Waals surface area contributed by atoms with Crippen molar-refractivity contribution in [3.8, 4) is 22.8 Å². The third-order valence-electron chi connectivity index (χ3n) is 6.83. The number of ether oxygens (including phenoxy) is 2. The Balaban J connectivity index is 1.58. The molecule has 1 N–H and O–H groups in total. The number of carbonyl (C=O) groups is 1. The predicted octanol–water partition coefficient (Wildman–Crippen LogP) is 5.75. The van der Waals surface area contributed by atoms with Gasteiger partial charge in [0.25, 0.3) is 5.91 Å². The van der Waals surface area contributed by atoms with Gasteiger partial charge in [-0.15, -0.1) is 0 Å². The zero-order valence-corrected chi connectivity index (χ0v) is 19.3. The highest BCUT2D eigenvalue weighted by molar-refractivity contribution is 6.00. The van der Waals surface area contributed by atoms with Crippen LogP contribution in [-0.4, -0.2) is 40.8 Å². The van der Waals surface area contributed by atoms with Gasteiger partial charge in [0, 0.05) is 17.2 Å². The first-order valence-corrected chi connectivity index (χ1v) is 12.0. The second-order valence-electron chi connectivity index (χ2n) is 8.92. The van der Waals surface area contributed by atoms with E-state index < -0.39 is 0 Å². The summed E-state index contributed by atoms with van der Waals surface area (Å²) in [6.07, 6.45) is 6.54. The van der Waals surface area contributed by atoms with E-state index in [2.05, 4.69) is 34.2 Å². The van der Waals surface area contributed by atoms with Crippen molar-refractivity contribution < 1.29 is 14.3 Å². The van der Waals surface area contributed by atoms with E-state index in [-0.39, 0.29) is 18.0 Å². The quantitative estimate of drug-likeness (QED) is 0.448. The molecule has 0 spiro atoms. The summed E-state index contributed by atoms with van der Waals surface area (Å²) in [4.78, 5) is 15.7. The standard InChI is InChI=1S/C27H31N3O3/c1-3-4-16-33-22-11-7-8-19(17-22)26-23-24(18-12-14-21(32-2)15-13-18)28-29-25(23)27(31)30(26)20-9-5-6-10-20/h7-8,11-15,17,20,26H,3-6,9-10,16H2,1-2H3,(H,28,29). The van der Waals surface area contributed by atoms with Crippen molar-refractivity contribution in [3.63, 3.8) is 0 Å². The number of benzene rings is 2. The van der Waals surface area contributed by atoms with Crippen molar-refractivity contribution in [2.75, 3.05) is 13.7 Å². The van der Waals surface area contributed by atoms with Crippen molar-refractivity contribution in [3.05, 3.63) is 65.4 Å². The molecule has 172 valence electrons. The van der Waals surface area contributed by atoms with Gasteiger partial charge >= 0.3 is 0 Å². The van der Waals surface area contributed by atoms with Gasteiger partial charge in [-0.2, -0.15) is 5.10 Å². The lowest BCUT2D eigenvalue weighted by Gasteiger charge is -2.32. The number of rotatable bonds is 8. The Bertz CT molecular complexity index is 1120. The van der Waals surface area contributed by atoms with Crippen LogP contribution in [0.15, 0.2) is 48.5 Å². The monoisotopic (exact) mass is 445 g/mol. The average molecular weight is 446 g/mol. The molecule has 1 aliphatic heterocycles. The van der Waals surface area contributed by atoms with Gasteiger partial charge in [-0.05, 0) is 61.2 Å². The molecule has 1 saturated carbocycles. The van der Waals surface area contributed by atoms with Gasteiger partial charge < -0.3 is 14.4 Å². The van der Waals surface area contributed by atoms with Gasteiger partial charge in [-0.1, -0.05) is 38.3 Å². The Morgan fingerprint density at radius 3 is 2.61 bits per heavy atom. The summed E-state index contributed by atoms with van der Waals surface area (Å²) in [6, 6.07) is 16.1. The van der Waals surface area contributed by atoms with E-state index in [9.17, 15) is 4.79 Å². The zero-order valence-electron chi connectivity index (χ0n) is 19.3. The van der Waals surface area contributed by atoms with Crippen LogP contribution in [0.3, 0.4) is 0 Å². The van der Waals surface area contributed by atoms with Crippen molar-refractivity contribution >= 4 is 5.91 Å². The number of aromatic nitrogens is 2. The summed E-state index contributed by atoms with van der Waals surface area (Å²) in [6.45, 7) is 2.86. The van der Waals surface area contributed by atoms with Crippen LogP contribution in [0.25, 0.3) is 11.3 Å². The number of methoxy groups -OCH3 is 1. The Labute approximate surface area is 194 Å². The van der Waals surface area contributed by atoms with Crippen LogP contribution in [0.2, 0.25) is 0 Å². The summed E-state index contributed by atoms with van der Waals surface area (Å²) in [5.74, 6) is 1.69. The smallest absolute Gasteiger partial charge is 0.273 e. The first-order valence-electron chi connectivity index (χ1n) is 12.0. The van der Waals surface area contributed by atoms with Gasteiger partial charge in [0.2, 0.25) is 0 Å². The molecule has 1 aliphatic carbocycles. The van der Waals surface area contributed by atoms with Crippen molar-refractivity contribution in [2.24, 2.45) is 0 Å². The SMILES string of the molecule is CCCCOc1cccc(C2c3c(-c4ccc(OC)cc4)n[nH]c3C(=O)N2C2CCCC2)c1. The maximum Gasteiger partial charge on any atom is 0.273 e. The fourth-order valence-electron chi connectivity index (χ4n) is 5.13. The highest BCUT2D eigenvalue weighted by atomic mass is 16.5. The molecule has 33 heavy (non-hydrogen) atoms. The Morgan fingerprint density at radius 2 is 1.88 bits per heavy atom. The summed E-state index contributed by atoms with van der Waals surface area (Å²) in [5, 5.41) is 7.66. The molecule has 2 heterocycles. The molecule has 2 aromatic carbocycles. The minimum Gasteiger partial charge on any atom is -0.497 e. The van der Waals surface area contributed by atoms with E-state index in [1.54, 1.807) is 7.11 Å². The minimum atomic E-state index is -0.179. The van der Waals surface area contributed by atoms with Gasteiger partial charge in [-0.3, -0.25) is 9.89 Å². The normalized spacial score (nSPS) is 18.1. The highest BCUT2D eigenvalue weighted by Crippen LogP contribution is 2.46. The molecule has 6 nitrogen and oxygen atoms in total. The summed E-state index contributed by atoms with van der Waals surface area (Å²) < 4.78 is 11.3. The molecule has 1 atom stereocenters. The number of nitrogens with zero attached hydrogens (tertiary/aromatic N) is 2. The number of fused-ring (bicyclic) bond motifs is 1. The minimum absolute atomic E-state index is 0.0477. The fourth-order valence-corrected chi connectivity index (χ4v) is 5.13. The van der Waals surface area contributed by atoms with Crippen LogP contribution in [0.5, 0.6) is 11.5 Å². The van der Waals surface area contributed by atoms with Gasteiger partial charge in [0.1, 0.15) is 17.2 Å². The van der Waals surface area contributed by atoms with Crippen LogP contribution in [0, 0.1) is 0 Å². The largest absolute Gasteiger partial charge is 0.497 e. The summed E-state index contributed by atoms with van der Waals surface area (Å²) in [7, 11) is 1.66. The highest BCUT2D eigenvalue weighted by Gasteiger charge is 2.45. The first-order chi connectivity index (χ1) is 16.2. The van der Waals surface area contributed by atoms with Gasteiger partial charge in [-0.25, -0.2) is 0 Å². The van der Waals surface area contributed by atoms with E-state index >= 15 is 0 Å². The number of carbonyl (C=O) groups excluding carboxylic acids is 1. The lowest BCUT2D eigenvalue weighted by atomic mass is 9.95. The second-order valence-corrected chi connectivity index (χ2v) is 8.92. The Kier molecular flexibility index (Phi) is 6.07. The van der Waals surface area contributed by atoms with Crippen LogP contribution in [0.4, 0.5) is 0 Å². The van der Waals surface area contributed by atoms with Crippen LogP contribution >= 0.6 is 0 Å². The molecule has 6 heteroatoms. The molecule has 0 radical (unpaired) electrons. The number of unbranched alkanes of at least 4 members (excludes halogenated alkanes) is 1. The first kappa shape index (κ1) is 21.6. The van der Waals surface area contributed by atoms with E-state index in [1.807, 2.05) is 36.4 Å².